The van der Waals surface area contributed by atoms with Crippen molar-refractivity contribution < 1.29 is 0 Å². The first kappa shape index (κ1) is 24.5. The van der Waals surface area contributed by atoms with Crippen molar-refractivity contribution in [3.05, 3.63) is 98.1 Å². The fraction of sp³-hybridized carbons (Fsp3) is 0.344. The van der Waals surface area contributed by atoms with Crippen LogP contribution in [-0.4, -0.2) is 5.71 Å². The quantitative estimate of drug-likeness (QED) is 0.289. The molecule has 0 aliphatic heterocycles. The number of aryl methyl sites for hydroxylation is 7. The first-order valence-electron chi connectivity index (χ1n) is 11.7. The predicted octanol–water partition coefficient (Wildman–Crippen LogP) is 8.41. The maximum Gasteiger partial charge on any atom is 0.0794 e. The van der Waals surface area contributed by atoms with Crippen LogP contribution in [0.1, 0.15) is 76.4 Å². The van der Waals surface area contributed by atoms with E-state index in [0.29, 0.717) is 0 Å². The molecule has 0 amide bonds. The first-order chi connectivity index (χ1) is 15.4. The summed E-state index contributed by atoms with van der Waals surface area (Å²) in [6.45, 7) is 21.6. The van der Waals surface area contributed by atoms with Crippen molar-refractivity contribution in [1.29, 1.82) is 0 Å². The van der Waals surface area contributed by atoms with Crippen molar-refractivity contribution in [2.24, 2.45) is 10.4 Å². The molecule has 0 N–H and O–H groups in total. The molecule has 33 heavy (non-hydrogen) atoms. The Kier molecular flexibility index (Phi) is 6.99. The summed E-state index contributed by atoms with van der Waals surface area (Å²) in [4.78, 5) is 5.36. The van der Waals surface area contributed by atoms with Crippen LogP contribution in [0.3, 0.4) is 0 Å². The Morgan fingerprint density at radius 1 is 0.636 bits per heavy atom. The molecule has 3 aromatic carbocycles. The molecule has 0 atom stereocenters. The SMILES string of the molecule is Cc1cc(C)c(C(=Nc2ccc(C)cc2C#CC(C)(C)C)c2c(C)cc(C)cc2C)c(C)c1. The van der Waals surface area contributed by atoms with Crippen LogP contribution in [-0.2, 0) is 0 Å². The van der Waals surface area contributed by atoms with Gasteiger partial charge in [-0.1, -0.05) is 53.3 Å². The number of nitrogens with zero attached hydrogens (tertiary/aromatic N) is 1. The Hall–Kier alpha value is -3.11. The Balaban J connectivity index is 2.40. The van der Waals surface area contributed by atoms with Gasteiger partial charge in [0.05, 0.1) is 17.0 Å². The van der Waals surface area contributed by atoms with Gasteiger partial charge >= 0.3 is 0 Å². The fourth-order valence-electron chi connectivity index (χ4n) is 4.57. The van der Waals surface area contributed by atoms with Gasteiger partial charge in [0.15, 0.2) is 0 Å². The van der Waals surface area contributed by atoms with Crippen LogP contribution < -0.4 is 0 Å². The van der Waals surface area contributed by atoms with Gasteiger partial charge in [-0.3, -0.25) is 0 Å². The van der Waals surface area contributed by atoms with Gasteiger partial charge in [-0.05, 0) is 109 Å². The lowest BCUT2D eigenvalue weighted by molar-refractivity contribution is 0.571. The highest BCUT2D eigenvalue weighted by molar-refractivity contribution is 6.17. The van der Waals surface area contributed by atoms with Gasteiger partial charge < -0.3 is 0 Å². The summed E-state index contributed by atoms with van der Waals surface area (Å²) >= 11 is 0. The van der Waals surface area contributed by atoms with Crippen molar-refractivity contribution >= 4 is 11.4 Å². The van der Waals surface area contributed by atoms with E-state index in [2.05, 4.69) is 124 Å². The van der Waals surface area contributed by atoms with Gasteiger partial charge in [-0.25, -0.2) is 4.99 Å². The van der Waals surface area contributed by atoms with Gasteiger partial charge in [0.2, 0.25) is 0 Å². The summed E-state index contributed by atoms with van der Waals surface area (Å²) in [7, 11) is 0. The zero-order valence-corrected chi connectivity index (χ0v) is 22.0. The molecule has 0 spiro atoms. The average Bonchev–Trinajstić information content (AvgIpc) is 2.65. The maximum absolute atomic E-state index is 5.36. The first-order valence-corrected chi connectivity index (χ1v) is 11.7. The van der Waals surface area contributed by atoms with Crippen molar-refractivity contribution in [1.82, 2.24) is 0 Å². The summed E-state index contributed by atoms with van der Waals surface area (Å²) in [6.07, 6.45) is 0. The monoisotopic (exact) mass is 435 g/mol. The molecule has 3 rings (SSSR count). The van der Waals surface area contributed by atoms with Crippen LogP contribution in [0, 0.1) is 65.7 Å². The zero-order chi connectivity index (χ0) is 24.5. The predicted molar refractivity (Wildman–Crippen MR) is 144 cm³/mol. The van der Waals surface area contributed by atoms with E-state index in [1.165, 1.54) is 50.1 Å². The number of aliphatic imine (C=N–C) groups is 1. The third kappa shape index (κ3) is 5.82. The molecule has 0 fully saturated rings. The molecule has 0 saturated carbocycles. The minimum absolute atomic E-state index is 0.0676. The van der Waals surface area contributed by atoms with Gasteiger partial charge in [0.1, 0.15) is 0 Å². The molecule has 0 unspecified atom stereocenters. The van der Waals surface area contributed by atoms with E-state index in [4.69, 9.17) is 4.99 Å². The van der Waals surface area contributed by atoms with Crippen LogP contribution in [0.15, 0.2) is 47.5 Å². The molecular formula is C32H37N. The second-order valence-corrected chi connectivity index (χ2v) is 10.5. The van der Waals surface area contributed by atoms with Crippen LogP contribution in [0.2, 0.25) is 0 Å². The normalized spacial score (nSPS) is 11.1. The number of rotatable bonds is 3. The third-order valence-corrected chi connectivity index (χ3v) is 5.78. The number of hydrogen-bond acceptors (Lipinski definition) is 1. The molecule has 0 aliphatic rings. The third-order valence-electron chi connectivity index (χ3n) is 5.78. The largest absolute Gasteiger partial charge is 0.246 e. The molecule has 3 aromatic rings. The molecule has 1 heteroatoms. The van der Waals surface area contributed by atoms with E-state index in [1.54, 1.807) is 0 Å². The highest BCUT2D eigenvalue weighted by Crippen LogP contribution is 2.30. The van der Waals surface area contributed by atoms with E-state index < -0.39 is 0 Å². The Labute approximate surface area is 201 Å². The molecule has 0 radical (unpaired) electrons. The zero-order valence-electron chi connectivity index (χ0n) is 22.0. The van der Waals surface area contributed by atoms with E-state index in [-0.39, 0.29) is 5.41 Å². The summed E-state index contributed by atoms with van der Waals surface area (Å²) in [5.74, 6) is 6.82. The lowest BCUT2D eigenvalue weighted by atomic mass is 9.87. The van der Waals surface area contributed by atoms with Crippen molar-refractivity contribution in [3.8, 4) is 11.8 Å². The molecule has 0 saturated heterocycles. The number of benzene rings is 3. The van der Waals surface area contributed by atoms with Gasteiger partial charge in [0.25, 0.3) is 0 Å². The standard InChI is InChI=1S/C32H37N/c1-20-11-12-28(27(19-20)13-14-32(8,9)10)33-31(29-23(4)15-21(2)16-24(29)5)30-25(6)17-22(3)18-26(30)7/h11-12,15-19H,1-10H3. The molecule has 0 aromatic heterocycles. The van der Waals surface area contributed by atoms with Gasteiger partial charge in [-0.15, -0.1) is 0 Å². The average molecular weight is 436 g/mol. The van der Waals surface area contributed by atoms with Crippen LogP contribution in [0.4, 0.5) is 5.69 Å². The van der Waals surface area contributed by atoms with Crippen molar-refractivity contribution in [3.63, 3.8) is 0 Å². The lowest BCUT2D eigenvalue weighted by Crippen LogP contribution is -2.12. The summed E-state index contributed by atoms with van der Waals surface area (Å²) in [5.41, 5.74) is 14.0. The van der Waals surface area contributed by atoms with E-state index in [1.807, 2.05) is 0 Å². The molecule has 0 bridgehead atoms. The van der Waals surface area contributed by atoms with E-state index in [9.17, 15) is 0 Å². The Morgan fingerprint density at radius 3 is 1.52 bits per heavy atom. The van der Waals surface area contributed by atoms with E-state index >= 15 is 0 Å². The second-order valence-electron chi connectivity index (χ2n) is 10.5. The van der Waals surface area contributed by atoms with Crippen molar-refractivity contribution in [2.75, 3.05) is 0 Å². The highest BCUT2D eigenvalue weighted by atomic mass is 14.8. The summed E-state index contributed by atoms with van der Waals surface area (Å²) < 4.78 is 0. The fourth-order valence-corrected chi connectivity index (χ4v) is 4.57. The molecule has 1 nitrogen and oxygen atoms in total. The summed E-state index contributed by atoms with van der Waals surface area (Å²) in [5, 5.41) is 0. The minimum atomic E-state index is -0.0676. The van der Waals surface area contributed by atoms with Crippen LogP contribution in [0.25, 0.3) is 0 Å². The second kappa shape index (κ2) is 9.40. The summed E-state index contributed by atoms with van der Waals surface area (Å²) in [6, 6.07) is 15.4. The number of hydrogen-bond donors (Lipinski definition) is 0. The topological polar surface area (TPSA) is 12.4 Å². The molecular weight excluding hydrogens is 398 g/mol. The van der Waals surface area contributed by atoms with Crippen LogP contribution >= 0.6 is 0 Å². The molecule has 170 valence electrons. The lowest BCUT2D eigenvalue weighted by Gasteiger charge is -2.19. The van der Waals surface area contributed by atoms with Gasteiger partial charge in [-0.2, -0.15) is 0 Å². The highest BCUT2D eigenvalue weighted by Gasteiger charge is 2.19. The maximum atomic E-state index is 5.36. The molecule has 0 heterocycles. The van der Waals surface area contributed by atoms with E-state index in [0.717, 1.165) is 17.0 Å². The minimum Gasteiger partial charge on any atom is -0.246 e. The Morgan fingerprint density at radius 2 is 1.09 bits per heavy atom. The van der Waals surface area contributed by atoms with Crippen molar-refractivity contribution in [2.45, 2.75) is 69.2 Å². The smallest absolute Gasteiger partial charge is 0.0794 e. The molecule has 0 aliphatic carbocycles. The van der Waals surface area contributed by atoms with Crippen LogP contribution in [0.5, 0.6) is 0 Å². The van der Waals surface area contributed by atoms with Gasteiger partial charge in [0, 0.05) is 16.5 Å². The Bertz CT molecular complexity index is 1200.